The molecule has 6 nitrogen and oxygen atoms in total. The maximum Gasteiger partial charge on any atom is 0.269 e. The van der Waals surface area contributed by atoms with Gasteiger partial charge in [0.2, 0.25) is 0 Å². The minimum Gasteiger partial charge on any atom is -0.334 e. The number of hydrogen-bond donors (Lipinski definition) is 0. The van der Waals surface area contributed by atoms with E-state index in [2.05, 4.69) is 4.98 Å². The molecule has 1 aliphatic rings. The van der Waals surface area contributed by atoms with Crippen LogP contribution >= 0.6 is 11.6 Å². The molecule has 4 rings (SSSR count). The molecule has 0 atom stereocenters. The highest BCUT2D eigenvalue weighted by Crippen LogP contribution is 2.27. The van der Waals surface area contributed by atoms with Gasteiger partial charge < -0.3 is 14.0 Å². The van der Waals surface area contributed by atoms with Crippen molar-refractivity contribution in [1.82, 2.24) is 19.0 Å². The van der Waals surface area contributed by atoms with E-state index in [0.717, 1.165) is 22.4 Å². The third kappa shape index (κ3) is 2.44. The van der Waals surface area contributed by atoms with Crippen molar-refractivity contribution >= 4 is 28.5 Å². The molecule has 25 heavy (non-hydrogen) atoms. The molecule has 0 radical (unpaired) electrons. The van der Waals surface area contributed by atoms with Gasteiger partial charge in [0, 0.05) is 45.4 Å². The van der Waals surface area contributed by atoms with Crippen molar-refractivity contribution in [3.05, 3.63) is 62.8 Å². The Hall–Kier alpha value is -2.60. The van der Waals surface area contributed by atoms with Crippen LogP contribution < -0.4 is 5.56 Å². The van der Waals surface area contributed by atoms with Crippen LogP contribution in [0.25, 0.3) is 11.0 Å². The quantitative estimate of drug-likeness (QED) is 0.722. The van der Waals surface area contributed by atoms with E-state index in [4.69, 9.17) is 11.6 Å². The van der Waals surface area contributed by atoms with E-state index in [0.29, 0.717) is 25.1 Å². The number of carbonyl (C=O) groups excluding carboxylic acids is 1. The molecule has 0 unspecified atom stereocenters. The SMILES string of the molecule is Cn1cc2c(c(Cl)c1=O)C(=O)N(CCc1nc3ccccc3n1C)C2. The molecule has 0 N–H and O–H groups in total. The minimum absolute atomic E-state index is 0.00947. The fraction of sp³-hybridized carbons (Fsp3) is 0.278. The topological polar surface area (TPSA) is 60.1 Å². The summed E-state index contributed by atoms with van der Waals surface area (Å²) in [5.41, 5.74) is 2.81. The summed E-state index contributed by atoms with van der Waals surface area (Å²) in [6.45, 7) is 0.991. The first kappa shape index (κ1) is 15.9. The maximum atomic E-state index is 12.6. The lowest BCUT2D eigenvalue weighted by molar-refractivity contribution is 0.0779. The van der Waals surface area contributed by atoms with Gasteiger partial charge >= 0.3 is 0 Å². The van der Waals surface area contributed by atoms with E-state index in [1.807, 2.05) is 35.9 Å². The average molecular weight is 357 g/mol. The number of fused-ring (bicyclic) bond motifs is 2. The van der Waals surface area contributed by atoms with Gasteiger partial charge in [-0.25, -0.2) is 4.98 Å². The number of nitrogens with zero attached hydrogens (tertiary/aromatic N) is 4. The lowest BCUT2D eigenvalue weighted by Gasteiger charge is -2.15. The van der Waals surface area contributed by atoms with Crippen LogP contribution in [0.5, 0.6) is 0 Å². The highest BCUT2D eigenvalue weighted by atomic mass is 35.5. The van der Waals surface area contributed by atoms with Crippen LogP contribution in [0.15, 0.2) is 35.3 Å². The van der Waals surface area contributed by atoms with Crippen LogP contribution in [0.1, 0.15) is 21.7 Å². The molecule has 0 bridgehead atoms. The second kappa shape index (κ2) is 5.74. The average Bonchev–Trinajstić information content (AvgIpc) is 3.08. The number of halogens is 1. The summed E-state index contributed by atoms with van der Waals surface area (Å²) in [4.78, 5) is 30.9. The second-order valence-corrected chi connectivity index (χ2v) is 6.69. The zero-order valence-electron chi connectivity index (χ0n) is 14.0. The summed E-state index contributed by atoms with van der Waals surface area (Å²) < 4.78 is 3.47. The summed E-state index contributed by atoms with van der Waals surface area (Å²) in [5, 5.41) is 0.00947. The second-order valence-electron chi connectivity index (χ2n) is 6.31. The van der Waals surface area contributed by atoms with Crippen molar-refractivity contribution in [2.75, 3.05) is 6.54 Å². The third-order valence-corrected chi connectivity index (χ3v) is 5.10. The summed E-state index contributed by atoms with van der Waals surface area (Å²) in [6, 6.07) is 7.95. The van der Waals surface area contributed by atoms with Crippen molar-refractivity contribution in [1.29, 1.82) is 0 Å². The number of para-hydroxylation sites is 2. The fourth-order valence-electron chi connectivity index (χ4n) is 3.38. The van der Waals surface area contributed by atoms with Crippen LogP contribution in [0.3, 0.4) is 0 Å². The molecule has 1 aliphatic heterocycles. The first-order chi connectivity index (χ1) is 12.0. The van der Waals surface area contributed by atoms with Crippen molar-refractivity contribution in [3.63, 3.8) is 0 Å². The molecule has 3 aromatic rings. The molecular weight excluding hydrogens is 340 g/mol. The number of rotatable bonds is 3. The summed E-state index contributed by atoms with van der Waals surface area (Å²) >= 11 is 6.10. The van der Waals surface area contributed by atoms with E-state index in [9.17, 15) is 9.59 Å². The van der Waals surface area contributed by atoms with Crippen LogP contribution in [0.4, 0.5) is 0 Å². The summed E-state index contributed by atoms with van der Waals surface area (Å²) in [6.07, 6.45) is 2.33. The smallest absolute Gasteiger partial charge is 0.269 e. The number of carbonyl (C=O) groups is 1. The first-order valence-corrected chi connectivity index (χ1v) is 8.43. The molecule has 7 heteroatoms. The summed E-state index contributed by atoms with van der Waals surface area (Å²) in [7, 11) is 3.62. The zero-order chi connectivity index (χ0) is 17.7. The Morgan fingerprint density at radius 1 is 1.20 bits per heavy atom. The van der Waals surface area contributed by atoms with Gasteiger partial charge in [0.05, 0.1) is 16.6 Å². The molecule has 2 aromatic heterocycles. The number of hydrogen-bond acceptors (Lipinski definition) is 3. The van der Waals surface area contributed by atoms with Crippen LogP contribution in [0, 0.1) is 0 Å². The lowest BCUT2D eigenvalue weighted by Crippen LogP contribution is -2.27. The third-order valence-electron chi connectivity index (χ3n) is 4.75. The molecule has 0 fully saturated rings. The van der Waals surface area contributed by atoms with Crippen LogP contribution in [0.2, 0.25) is 5.02 Å². The molecule has 0 saturated carbocycles. The molecule has 3 heterocycles. The van der Waals surface area contributed by atoms with E-state index in [-0.39, 0.29) is 16.5 Å². The molecule has 1 aromatic carbocycles. The monoisotopic (exact) mass is 356 g/mol. The van der Waals surface area contributed by atoms with Gasteiger partial charge in [-0.05, 0) is 12.1 Å². The zero-order valence-corrected chi connectivity index (χ0v) is 14.7. The molecule has 0 saturated heterocycles. The Labute approximate surface area is 149 Å². The highest BCUT2D eigenvalue weighted by molar-refractivity contribution is 6.34. The Kier molecular flexibility index (Phi) is 3.65. The van der Waals surface area contributed by atoms with Gasteiger partial charge in [-0.2, -0.15) is 0 Å². The summed E-state index contributed by atoms with van der Waals surface area (Å²) in [5.74, 6) is 0.739. The van der Waals surface area contributed by atoms with Crippen molar-refractivity contribution < 1.29 is 4.79 Å². The number of amides is 1. The van der Waals surface area contributed by atoms with Gasteiger partial charge in [-0.1, -0.05) is 23.7 Å². The van der Waals surface area contributed by atoms with E-state index in [1.54, 1.807) is 18.1 Å². The Morgan fingerprint density at radius 2 is 1.96 bits per heavy atom. The first-order valence-electron chi connectivity index (χ1n) is 8.05. The van der Waals surface area contributed by atoms with Crippen LogP contribution in [-0.4, -0.2) is 31.5 Å². The maximum absolute atomic E-state index is 12.6. The Bertz CT molecular complexity index is 1070. The molecule has 0 aliphatic carbocycles. The molecular formula is C18H17ClN4O2. The van der Waals surface area contributed by atoms with E-state index in [1.165, 1.54) is 4.57 Å². The van der Waals surface area contributed by atoms with E-state index >= 15 is 0 Å². The number of aromatic nitrogens is 3. The molecule has 128 valence electrons. The normalized spacial score (nSPS) is 13.7. The Balaban J connectivity index is 1.58. The van der Waals surface area contributed by atoms with Gasteiger partial charge in [-0.15, -0.1) is 0 Å². The van der Waals surface area contributed by atoms with Crippen molar-refractivity contribution in [3.8, 4) is 0 Å². The van der Waals surface area contributed by atoms with Gasteiger partial charge in [-0.3, -0.25) is 9.59 Å². The number of aryl methyl sites for hydroxylation is 2. The minimum atomic E-state index is -0.342. The van der Waals surface area contributed by atoms with Gasteiger partial charge in [0.25, 0.3) is 11.5 Å². The number of pyridine rings is 1. The largest absolute Gasteiger partial charge is 0.334 e. The van der Waals surface area contributed by atoms with Crippen molar-refractivity contribution in [2.24, 2.45) is 14.1 Å². The predicted molar refractivity (Wildman–Crippen MR) is 95.9 cm³/mol. The lowest BCUT2D eigenvalue weighted by atomic mass is 10.2. The predicted octanol–water partition coefficient (Wildman–Crippen LogP) is 2.12. The van der Waals surface area contributed by atoms with Gasteiger partial charge in [0.1, 0.15) is 10.8 Å². The molecule has 1 amide bonds. The molecule has 0 spiro atoms. The van der Waals surface area contributed by atoms with Gasteiger partial charge in [0.15, 0.2) is 0 Å². The van der Waals surface area contributed by atoms with Crippen LogP contribution in [-0.2, 0) is 27.1 Å². The van der Waals surface area contributed by atoms with Crippen molar-refractivity contribution in [2.45, 2.75) is 13.0 Å². The van der Waals surface area contributed by atoms with E-state index < -0.39 is 0 Å². The number of benzene rings is 1. The standard InChI is InChI=1S/C18H17ClN4O2/c1-21-9-11-10-23(17(24)15(11)16(19)18(21)25)8-7-14-20-12-5-3-4-6-13(12)22(14)2/h3-6,9H,7-8,10H2,1-2H3. The fourth-order valence-corrected chi connectivity index (χ4v) is 3.72. The highest BCUT2D eigenvalue weighted by Gasteiger charge is 2.31. The number of imidazole rings is 1. The Morgan fingerprint density at radius 3 is 2.72 bits per heavy atom.